The lowest BCUT2D eigenvalue weighted by molar-refractivity contribution is 0.199. The van der Waals surface area contributed by atoms with Gasteiger partial charge in [-0.3, -0.25) is 0 Å². The second-order valence-electron chi connectivity index (χ2n) is 5.62. The maximum Gasteiger partial charge on any atom is 0.162 e. The first kappa shape index (κ1) is 15.8. The number of anilines is 1. The molecule has 23 heavy (non-hydrogen) atoms. The molecule has 1 aromatic carbocycles. The minimum Gasteiger partial charge on any atom is -0.459 e. The van der Waals surface area contributed by atoms with Gasteiger partial charge in [0.1, 0.15) is 5.76 Å². The molecule has 0 spiro atoms. The molecule has 0 saturated carbocycles. The van der Waals surface area contributed by atoms with Gasteiger partial charge in [-0.15, -0.1) is 11.3 Å². The van der Waals surface area contributed by atoms with Gasteiger partial charge in [-0.05, 0) is 38.1 Å². The fourth-order valence-electron chi connectivity index (χ4n) is 2.46. The Balaban J connectivity index is 1.79. The van der Waals surface area contributed by atoms with Gasteiger partial charge in [0, 0.05) is 17.6 Å². The van der Waals surface area contributed by atoms with Crippen LogP contribution in [-0.4, -0.2) is 22.7 Å². The molecule has 1 N–H and O–H groups in total. The lowest BCUT2D eigenvalue weighted by atomic mass is 10.2. The average molecular weight is 328 g/mol. The van der Waals surface area contributed by atoms with Crippen molar-refractivity contribution in [2.75, 3.05) is 11.4 Å². The maximum absolute atomic E-state index is 9.77. The number of para-hydroxylation sites is 1. The van der Waals surface area contributed by atoms with E-state index >= 15 is 0 Å². The first-order valence-electron chi connectivity index (χ1n) is 7.61. The SMILES string of the molecule is Cc1ccc(-c2nc(CN(C[C@H](C)O)c3ccccc3)cs2)o1. The van der Waals surface area contributed by atoms with Gasteiger partial charge >= 0.3 is 0 Å². The summed E-state index contributed by atoms with van der Waals surface area (Å²) in [5, 5.41) is 12.7. The second-order valence-corrected chi connectivity index (χ2v) is 6.48. The Kier molecular flexibility index (Phi) is 4.79. The Morgan fingerprint density at radius 2 is 2.00 bits per heavy atom. The molecule has 3 rings (SSSR count). The maximum atomic E-state index is 9.77. The van der Waals surface area contributed by atoms with Crippen molar-refractivity contribution >= 4 is 17.0 Å². The number of nitrogens with zero attached hydrogens (tertiary/aromatic N) is 2. The van der Waals surface area contributed by atoms with E-state index in [0.29, 0.717) is 13.1 Å². The van der Waals surface area contributed by atoms with Crippen LogP contribution in [0.15, 0.2) is 52.3 Å². The normalized spacial score (nSPS) is 12.3. The van der Waals surface area contributed by atoms with E-state index in [1.165, 1.54) is 0 Å². The molecule has 120 valence electrons. The number of furan rings is 1. The van der Waals surface area contributed by atoms with Gasteiger partial charge in [-0.25, -0.2) is 4.98 Å². The van der Waals surface area contributed by atoms with E-state index in [-0.39, 0.29) is 0 Å². The summed E-state index contributed by atoms with van der Waals surface area (Å²) in [6.45, 7) is 4.95. The highest BCUT2D eigenvalue weighted by molar-refractivity contribution is 7.13. The first-order chi connectivity index (χ1) is 11.1. The number of aromatic nitrogens is 1. The van der Waals surface area contributed by atoms with Crippen LogP contribution in [0, 0.1) is 6.92 Å². The second kappa shape index (κ2) is 6.98. The third-order valence-corrected chi connectivity index (χ3v) is 4.37. The van der Waals surface area contributed by atoms with Crippen LogP contribution in [0.4, 0.5) is 5.69 Å². The van der Waals surface area contributed by atoms with E-state index in [1.54, 1.807) is 18.3 Å². The van der Waals surface area contributed by atoms with Crippen molar-refractivity contribution < 1.29 is 9.52 Å². The standard InChI is InChI=1S/C18H20N2O2S/c1-13(21)10-20(16-6-4-3-5-7-16)11-15-12-23-18(19-15)17-9-8-14(2)22-17/h3-9,12-13,21H,10-11H2,1-2H3/t13-/m0/s1. The van der Waals surface area contributed by atoms with Crippen LogP contribution < -0.4 is 4.90 Å². The Hall–Kier alpha value is -2.11. The lowest BCUT2D eigenvalue weighted by Gasteiger charge is -2.25. The van der Waals surface area contributed by atoms with E-state index in [2.05, 4.69) is 9.88 Å². The highest BCUT2D eigenvalue weighted by Gasteiger charge is 2.14. The predicted molar refractivity (Wildman–Crippen MR) is 93.7 cm³/mol. The number of aliphatic hydroxyl groups excluding tert-OH is 1. The van der Waals surface area contributed by atoms with E-state index < -0.39 is 6.10 Å². The molecule has 0 fully saturated rings. The van der Waals surface area contributed by atoms with Gasteiger partial charge in [0.05, 0.1) is 18.3 Å². The molecular formula is C18H20N2O2S. The molecule has 4 nitrogen and oxygen atoms in total. The van der Waals surface area contributed by atoms with E-state index in [1.807, 2.05) is 54.8 Å². The number of thiazole rings is 1. The van der Waals surface area contributed by atoms with Gasteiger partial charge < -0.3 is 14.4 Å². The molecule has 5 heteroatoms. The fourth-order valence-corrected chi connectivity index (χ4v) is 3.23. The molecule has 0 saturated heterocycles. The van der Waals surface area contributed by atoms with Crippen molar-refractivity contribution in [3.8, 4) is 10.8 Å². The van der Waals surface area contributed by atoms with Gasteiger partial charge in [0.2, 0.25) is 0 Å². The molecule has 1 atom stereocenters. The van der Waals surface area contributed by atoms with Gasteiger partial charge in [-0.1, -0.05) is 18.2 Å². The van der Waals surface area contributed by atoms with Crippen molar-refractivity contribution in [1.82, 2.24) is 4.98 Å². The third-order valence-electron chi connectivity index (χ3n) is 3.46. The van der Waals surface area contributed by atoms with Crippen molar-refractivity contribution in [3.05, 3.63) is 59.3 Å². The molecule has 0 amide bonds. The van der Waals surface area contributed by atoms with Crippen LogP contribution in [0.3, 0.4) is 0 Å². The number of hydrogen-bond donors (Lipinski definition) is 1. The largest absolute Gasteiger partial charge is 0.459 e. The van der Waals surface area contributed by atoms with Gasteiger partial charge in [-0.2, -0.15) is 0 Å². The quantitative estimate of drug-likeness (QED) is 0.740. The number of aliphatic hydroxyl groups is 1. The summed E-state index contributed by atoms with van der Waals surface area (Å²) in [7, 11) is 0. The summed E-state index contributed by atoms with van der Waals surface area (Å²) in [5.74, 6) is 1.69. The molecule has 0 unspecified atom stereocenters. The van der Waals surface area contributed by atoms with Crippen LogP contribution in [0.1, 0.15) is 18.4 Å². The third kappa shape index (κ3) is 4.00. The summed E-state index contributed by atoms with van der Waals surface area (Å²) in [4.78, 5) is 6.80. The van der Waals surface area contributed by atoms with E-state index in [4.69, 9.17) is 4.42 Å². The minimum absolute atomic E-state index is 0.402. The molecule has 0 aliphatic carbocycles. The van der Waals surface area contributed by atoms with Crippen LogP contribution in [-0.2, 0) is 6.54 Å². The number of rotatable bonds is 6. The molecular weight excluding hydrogens is 308 g/mol. The molecule has 0 aliphatic heterocycles. The highest BCUT2D eigenvalue weighted by atomic mass is 32.1. The highest BCUT2D eigenvalue weighted by Crippen LogP contribution is 2.27. The molecule has 0 aliphatic rings. The predicted octanol–water partition coefficient (Wildman–Crippen LogP) is 4.10. The van der Waals surface area contributed by atoms with Crippen molar-refractivity contribution in [2.45, 2.75) is 26.5 Å². The van der Waals surface area contributed by atoms with Crippen LogP contribution >= 0.6 is 11.3 Å². The zero-order valence-corrected chi connectivity index (χ0v) is 14.1. The summed E-state index contributed by atoms with van der Waals surface area (Å²) in [6, 6.07) is 14.0. The van der Waals surface area contributed by atoms with Crippen LogP contribution in [0.25, 0.3) is 10.8 Å². The lowest BCUT2D eigenvalue weighted by Crippen LogP contribution is -2.30. The monoisotopic (exact) mass is 328 g/mol. The summed E-state index contributed by atoms with van der Waals surface area (Å²) in [5.41, 5.74) is 2.06. The summed E-state index contributed by atoms with van der Waals surface area (Å²) < 4.78 is 5.63. The van der Waals surface area contributed by atoms with E-state index in [9.17, 15) is 5.11 Å². The zero-order valence-electron chi connectivity index (χ0n) is 13.3. The Morgan fingerprint density at radius 3 is 2.65 bits per heavy atom. The number of hydrogen-bond acceptors (Lipinski definition) is 5. The smallest absolute Gasteiger partial charge is 0.162 e. The zero-order chi connectivity index (χ0) is 16.2. The summed E-state index contributed by atoms with van der Waals surface area (Å²) in [6.07, 6.45) is -0.402. The van der Waals surface area contributed by atoms with Crippen LogP contribution in [0.5, 0.6) is 0 Å². The Labute approximate surface area is 140 Å². The topological polar surface area (TPSA) is 49.5 Å². The van der Waals surface area contributed by atoms with Crippen molar-refractivity contribution in [3.63, 3.8) is 0 Å². The van der Waals surface area contributed by atoms with Crippen LogP contribution in [0.2, 0.25) is 0 Å². The molecule has 0 radical (unpaired) electrons. The minimum atomic E-state index is -0.402. The molecule has 0 bridgehead atoms. The Bertz CT molecular complexity index is 749. The number of aryl methyl sites for hydroxylation is 1. The summed E-state index contributed by atoms with van der Waals surface area (Å²) >= 11 is 1.58. The number of benzene rings is 1. The van der Waals surface area contributed by atoms with Gasteiger partial charge in [0.15, 0.2) is 10.8 Å². The fraction of sp³-hybridized carbons (Fsp3) is 0.278. The Morgan fingerprint density at radius 1 is 1.22 bits per heavy atom. The first-order valence-corrected chi connectivity index (χ1v) is 8.49. The molecule has 2 aromatic heterocycles. The van der Waals surface area contributed by atoms with Gasteiger partial charge in [0.25, 0.3) is 0 Å². The molecule has 3 aromatic rings. The van der Waals surface area contributed by atoms with E-state index in [0.717, 1.165) is 27.9 Å². The van der Waals surface area contributed by atoms with Crippen molar-refractivity contribution in [2.24, 2.45) is 0 Å². The van der Waals surface area contributed by atoms with Crippen molar-refractivity contribution in [1.29, 1.82) is 0 Å². The molecule has 2 heterocycles. The average Bonchev–Trinajstić information content (AvgIpc) is 3.16.